The van der Waals surface area contributed by atoms with E-state index in [4.69, 9.17) is 5.11 Å². The molecule has 0 aliphatic carbocycles. The molecule has 0 saturated heterocycles. The molecular weight excluding hydrogens is 244 g/mol. The molecule has 1 rings (SSSR count). The molecule has 1 aromatic heterocycles. The van der Waals surface area contributed by atoms with Crippen molar-refractivity contribution >= 4 is 11.9 Å². The number of aromatic nitrogens is 1. The number of aliphatic carboxylic acids is 1. The van der Waals surface area contributed by atoms with Crippen LogP contribution in [0.2, 0.25) is 0 Å². The molecule has 1 aromatic rings. The molecule has 0 saturated carbocycles. The summed E-state index contributed by atoms with van der Waals surface area (Å²) in [6.07, 6.45) is 0.395. The van der Waals surface area contributed by atoms with Gasteiger partial charge in [-0.2, -0.15) is 0 Å². The Balaban J connectivity index is 2.84. The molecule has 19 heavy (non-hydrogen) atoms. The largest absolute Gasteiger partial charge is 0.480 e. The van der Waals surface area contributed by atoms with E-state index in [0.717, 1.165) is 11.3 Å². The summed E-state index contributed by atoms with van der Waals surface area (Å²) < 4.78 is 0. The molecule has 0 bridgehead atoms. The summed E-state index contributed by atoms with van der Waals surface area (Å²) in [5.74, 6) is -1.28. The number of hydrogen-bond acceptors (Lipinski definition) is 3. The van der Waals surface area contributed by atoms with E-state index in [-0.39, 0.29) is 11.6 Å². The van der Waals surface area contributed by atoms with Gasteiger partial charge in [0, 0.05) is 5.69 Å². The SMILES string of the molecule is Cc1cc(C)nc(C(=O)N[C@@H](CC(C)C)C(=O)O)c1. The molecule has 0 aliphatic rings. The minimum absolute atomic E-state index is 0.189. The fraction of sp³-hybridized carbons (Fsp3) is 0.500. The summed E-state index contributed by atoms with van der Waals surface area (Å²) >= 11 is 0. The molecular formula is C14H20N2O3. The number of amides is 1. The van der Waals surface area contributed by atoms with Crippen LogP contribution in [0, 0.1) is 19.8 Å². The minimum atomic E-state index is -1.02. The smallest absolute Gasteiger partial charge is 0.326 e. The maximum Gasteiger partial charge on any atom is 0.326 e. The summed E-state index contributed by atoms with van der Waals surface area (Å²) in [5, 5.41) is 11.6. The topological polar surface area (TPSA) is 79.3 Å². The maximum atomic E-state index is 12.0. The average Bonchev–Trinajstić information content (AvgIpc) is 2.25. The van der Waals surface area contributed by atoms with E-state index in [9.17, 15) is 9.59 Å². The van der Waals surface area contributed by atoms with Crippen molar-refractivity contribution in [3.63, 3.8) is 0 Å². The molecule has 5 nitrogen and oxygen atoms in total. The van der Waals surface area contributed by atoms with Crippen LogP contribution in [0.25, 0.3) is 0 Å². The van der Waals surface area contributed by atoms with Gasteiger partial charge < -0.3 is 10.4 Å². The summed E-state index contributed by atoms with van der Waals surface area (Å²) in [6.45, 7) is 7.50. The molecule has 0 aliphatic heterocycles. The molecule has 0 radical (unpaired) electrons. The van der Waals surface area contributed by atoms with Gasteiger partial charge in [-0.3, -0.25) is 4.79 Å². The Morgan fingerprint density at radius 3 is 2.42 bits per heavy atom. The third-order valence-corrected chi connectivity index (χ3v) is 2.64. The Bertz CT molecular complexity index is 463. The van der Waals surface area contributed by atoms with Crippen molar-refractivity contribution in [2.24, 2.45) is 5.92 Å². The van der Waals surface area contributed by atoms with Gasteiger partial charge in [-0.15, -0.1) is 0 Å². The highest BCUT2D eigenvalue weighted by Gasteiger charge is 2.22. The van der Waals surface area contributed by atoms with Gasteiger partial charge in [-0.1, -0.05) is 13.8 Å². The standard InChI is InChI=1S/C14H20N2O3/c1-8(2)5-12(14(18)19)16-13(17)11-7-9(3)6-10(4)15-11/h6-8,12H,5H2,1-4H3,(H,16,17)(H,18,19)/t12-/m0/s1. The van der Waals surface area contributed by atoms with Crippen LogP contribution in [0.15, 0.2) is 12.1 Å². The third-order valence-electron chi connectivity index (χ3n) is 2.64. The zero-order valence-corrected chi connectivity index (χ0v) is 11.7. The first-order valence-electron chi connectivity index (χ1n) is 6.28. The van der Waals surface area contributed by atoms with Crippen molar-refractivity contribution in [3.8, 4) is 0 Å². The van der Waals surface area contributed by atoms with Crippen LogP contribution in [0.1, 0.15) is 42.0 Å². The molecule has 1 atom stereocenters. The van der Waals surface area contributed by atoms with Crippen molar-refractivity contribution in [2.45, 2.75) is 40.2 Å². The van der Waals surface area contributed by atoms with Crippen molar-refractivity contribution in [3.05, 3.63) is 29.1 Å². The van der Waals surface area contributed by atoms with Gasteiger partial charge in [-0.05, 0) is 43.9 Å². The van der Waals surface area contributed by atoms with Crippen molar-refractivity contribution in [1.29, 1.82) is 0 Å². The molecule has 0 unspecified atom stereocenters. The number of carbonyl (C=O) groups is 2. The number of nitrogens with zero attached hydrogens (tertiary/aromatic N) is 1. The fourth-order valence-corrected chi connectivity index (χ4v) is 1.88. The molecule has 1 amide bonds. The van der Waals surface area contributed by atoms with Crippen LogP contribution in [0.5, 0.6) is 0 Å². The summed E-state index contributed by atoms with van der Waals surface area (Å²) in [6, 6.07) is 2.63. The zero-order chi connectivity index (χ0) is 14.6. The lowest BCUT2D eigenvalue weighted by Gasteiger charge is -2.16. The van der Waals surface area contributed by atoms with Crippen LogP contribution in [0.4, 0.5) is 0 Å². The fourth-order valence-electron chi connectivity index (χ4n) is 1.88. The molecule has 0 spiro atoms. The van der Waals surface area contributed by atoms with Crippen LogP contribution in [0.3, 0.4) is 0 Å². The predicted molar refractivity (Wildman–Crippen MR) is 72.1 cm³/mol. The number of carbonyl (C=O) groups excluding carboxylic acids is 1. The van der Waals surface area contributed by atoms with E-state index in [1.807, 2.05) is 26.8 Å². The Morgan fingerprint density at radius 2 is 1.95 bits per heavy atom. The lowest BCUT2D eigenvalue weighted by molar-refractivity contribution is -0.139. The van der Waals surface area contributed by atoms with Crippen LogP contribution in [-0.2, 0) is 4.79 Å². The van der Waals surface area contributed by atoms with Gasteiger partial charge in [0.05, 0.1) is 0 Å². The molecule has 0 aromatic carbocycles. The number of aryl methyl sites for hydroxylation is 2. The second kappa shape index (κ2) is 6.31. The third kappa shape index (κ3) is 4.69. The summed E-state index contributed by atoms with van der Waals surface area (Å²) in [4.78, 5) is 27.2. The second-order valence-electron chi connectivity index (χ2n) is 5.16. The number of carboxylic acid groups (broad SMARTS) is 1. The van der Waals surface area contributed by atoms with E-state index in [0.29, 0.717) is 6.42 Å². The Hall–Kier alpha value is -1.91. The number of carboxylic acids is 1. The first-order chi connectivity index (χ1) is 8.79. The zero-order valence-electron chi connectivity index (χ0n) is 11.7. The molecule has 104 valence electrons. The van der Waals surface area contributed by atoms with E-state index < -0.39 is 17.9 Å². The highest BCUT2D eigenvalue weighted by Crippen LogP contribution is 2.08. The monoisotopic (exact) mass is 264 g/mol. The predicted octanol–water partition coefficient (Wildman–Crippen LogP) is 1.93. The molecule has 0 fully saturated rings. The normalized spacial score (nSPS) is 12.3. The average molecular weight is 264 g/mol. The molecule has 5 heteroatoms. The lowest BCUT2D eigenvalue weighted by atomic mass is 10.0. The van der Waals surface area contributed by atoms with Gasteiger partial charge in [0.15, 0.2) is 0 Å². The first-order valence-corrected chi connectivity index (χ1v) is 6.28. The highest BCUT2D eigenvalue weighted by molar-refractivity contribution is 5.95. The van der Waals surface area contributed by atoms with Gasteiger partial charge >= 0.3 is 5.97 Å². The molecule has 2 N–H and O–H groups in total. The first kappa shape index (κ1) is 15.1. The van der Waals surface area contributed by atoms with Crippen LogP contribution < -0.4 is 5.32 Å². The number of rotatable bonds is 5. The summed E-state index contributed by atoms with van der Waals surface area (Å²) in [7, 11) is 0. The highest BCUT2D eigenvalue weighted by atomic mass is 16.4. The van der Waals surface area contributed by atoms with E-state index >= 15 is 0 Å². The van der Waals surface area contributed by atoms with Crippen LogP contribution in [-0.4, -0.2) is 28.0 Å². The van der Waals surface area contributed by atoms with Gasteiger partial charge in [0.2, 0.25) is 0 Å². The Labute approximate surface area is 113 Å². The maximum absolute atomic E-state index is 12.0. The van der Waals surface area contributed by atoms with Gasteiger partial charge in [0.25, 0.3) is 5.91 Å². The Morgan fingerprint density at radius 1 is 1.32 bits per heavy atom. The van der Waals surface area contributed by atoms with Gasteiger partial charge in [0.1, 0.15) is 11.7 Å². The van der Waals surface area contributed by atoms with Gasteiger partial charge in [-0.25, -0.2) is 9.78 Å². The number of hydrogen-bond donors (Lipinski definition) is 2. The van der Waals surface area contributed by atoms with Crippen molar-refractivity contribution in [2.75, 3.05) is 0 Å². The second-order valence-corrected chi connectivity index (χ2v) is 5.16. The summed E-state index contributed by atoms with van der Waals surface area (Å²) in [5.41, 5.74) is 1.92. The van der Waals surface area contributed by atoms with Crippen molar-refractivity contribution in [1.82, 2.24) is 10.3 Å². The number of pyridine rings is 1. The van der Waals surface area contributed by atoms with Crippen LogP contribution >= 0.6 is 0 Å². The van der Waals surface area contributed by atoms with E-state index in [1.54, 1.807) is 13.0 Å². The number of nitrogens with one attached hydrogen (secondary N) is 1. The minimum Gasteiger partial charge on any atom is -0.480 e. The Kier molecular flexibility index (Phi) is 5.03. The lowest BCUT2D eigenvalue weighted by Crippen LogP contribution is -2.42. The molecule has 1 heterocycles. The van der Waals surface area contributed by atoms with E-state index in [1.165, 1.54) is 0 Å². The van der Waals surface area contributed by atoms with E-state index in [2.05, 4.69) is 10.3 Å². The van der Waals surface area contributed by atoms with Crippen molar-refractivity contribution < 1.29 is 14.7 Å². The quantitative estimate of drug-likeness (QED) is 0.851.